The van der Waals surface area contributed by atoms with Gasteiger partial charge in [0.05, 0.1) is 17.6 Å². The van der Waals surface area contributed by atoms with Gasteiger partial charge in [-0.2, -0.15) is 0 Å². The Labute approximate surface area is 129 Å². The minimum Gasteiger partial charge on any atom is -0.347 e. The lowest BCUT2D eigenvalue weighted by Crippen LogP contribution is -2.45. The number of hydrogen-bond donors (Lipinski definition) is 4. The summed E-state index contributed by atoms with van der Waals surface area (Å²) in [5.74, 6) is 1.26. The van der Waals surface area contributed by atoms with E-state index in [1.807, 2.05) is 24.3 Å². The monoisotopic (exact) mass is 299 g/mol. The molecule has 1 aliphatic carbocycles. The Kier molecular flexibility index (Phi) is 3.56. The lowest BCUT2D eigenvalue weighted by atomic mass is 9.81. The number of hydrazine groups is 1. The number of rotatable bonds is 3. The zero-order valence-corrected chi connectivity index (χ0v) is 12.4. The van der Waals surface area contributed by atoms with Crippen LogP contribution in [0.25, 0.3) is 11.0 Å². The van der Waals surface area contributed by atoms with Crippen LogP contribution in [0.3, 0.4) is 0 Å². The molecular formula is C16H21N5O. The van der Waals surface area contributed by atoms with Crippen molar-refractivity contribution in [2.24, 2.45) is 5.92 Å². The number of H-pyrrole nitrogens is 1. The number of imidazole rings is 1. The maximum atomic E-state index is 12.4. The number of fused-ring (bicyclic) bond motifs is 2. The van der Waals surface area contributed by atoms with Gasteiger partial charge in [0.1, 0.15) is 11.9 Å². The van der Waals surface area contributed by atoms with Gasteiger partial charge in [0, 0.05) is 12.0 Å². The van der Waals surface area contributed by atoms with Crippen molar-refractivity contribution in [1.29, 1.82) is 0 Å². The van der Waals surface area contributed by atoms with Crippen LogP contribution in [-0.4, -0.2) is 28.0 Å². The lowest BCUT2D eigenvalue weighted by molar-refractivity contribution is -0.124. The lowest BCUT2D eigenvalue weighted by Gasteiger charge is -2.26. The molecule has 3 unspecified atom stereocenters. The summed E-state index contributed by atoms with van der Waals surface area (Å²) in [5, 5.41) is 3.00. The van der Waals surface area contributed by atoms with E-state index in [4.69, 9.17) is 0 Å². The molecule has 4 rings (SSSR count). The normalized spacial score (nSPS) is 27.7. The van der Waals surface area contributed by atoms with Crippen molar-refractivity contribution >= 4 is 16.9 Å². The third-order valence-corrected chi connectivity index (χ3v) is 4.82. The molecule has 116 valence electrons. The predicted molar refractivity (Wildman–Crippen MR) is 83.7 cm³/mol. The summed E-state index contributed by atoms with van der Waals surface area (Å²) in [4.78, 5) is 20.2. The van der Waals surface area contributed by atoms with E-state index >= 15 is 0 Å². The Morgan fingerprint density at radius 2 is 2.09 bits per heavy atom. The van der Waals surface area contributed by atoms with Crippen LogP contribution in [0.5, 0.6) is 0 Å². The molecule has 22 heavy (non-hydrogen) atoms. The molecule has 6 nitrogen and oxygen atoms in total. The molecule has 0 bridgehead atoms. The standard InChI is InChI=1S/C16H21N5O/c22-16(15-10-5-1-2-6-11(10)20-21-15)17-9-14-18-12-7-3-4-8-13(12)19-14/h3-4,7-8,10-11,15,20-21H,1-2,5-6,9H2,(H,17,22)(H,18,19). The highest BCUT2D eigenvalue weighted by Gasteiger charge is 2.40. The molecule has 2 aromatic rings. The molecule has 2 heterocycles. The molecular weight excluding hydrogens is 278 g/mol. The summed E-state index contributed by atoms with van der Waals surface area (Å²) >= 11 is 0. The molecule has 3 atom stereocenters. The van der Waals surface area contributed by atoms with Crippen molar-refractivity contribution in [2.45, 2.75) is 44.3 Å². The molecule has 4 N–H and O–H groups in total. The number of amides is 1. The van der Waals surface area contributed by atoms with Gasteiger partial charge in [-0.25, -0.2) is 10.4 Å². The third-order valence-electron chi connectivity index (χ3n) is 4.82. The summed E-state index contributed by atoms with van der Waals surface area (Å²) < 4.78 is 0. The maximum absolute atomic E-state index is 12.4. The summed E-state index contributed by atoms with van der Waals surface area (Å²) in [5.41, 5.74) is 8.37. The number of carbonyl (C=O) groups is 1. The van der Waals surface area contributed by atoms with Crippen molar-refractivity contribution in [3.63, 3.8) is 0 Å². The number of nitrogens with one attached hydrogen (secondary N) is 4. The van der Waals surface area contributed by atoms with Gasteiger partial charge in [-0.1, -0.05) is 25.0 Å². The molecule has 2 fully saturated rings. The second-order valence-electron chi connectivity index (χ2n) is 6.24. The Morgan fingerprint density at radius 1 is 1.23 bits per heavy atom. The smallest absolute Gasteiger partial charge is 0.239 e. The molecule has 6 heteroatoms. The average molecular weight is 299 g/mol. The van der Waals surface area contributed by atoms with Gasteiger partial charge >= 0.3 is 0 Å². The van der Waals surface area contributed by atoms with Gasteiger partial charge in [0.15, 0.2) is 0 Å². The molecule has 1 amide bonds. The molecule has 1 aromatic heterocycles. The average Bonchev–Trinajstić information content (AvgIpc) is 3.16. The van der Waals surface area contributed by atoms with Crippen molar-refractivity contribution < 1.29 is 4.79 Å². The molecule has 1 saturated heterocycles. The van der Waals surface area contributed by atoms with Crippen LogP contribution in [0, 0.1) is 5.92 Å². The number of hydrogen-bond acceptors (Lipinski definition) is 4. The van der Waals surface area contributed by atoms with Crippen molar-refractivity contribution in [2.75, 3.05) is 0 Å². The van der Waals surface area contributed by atoms with E-state index in [2.05, 4.69) is 26.1 Å². The first-order valence-corrected chi connectivity index (χ1v) is 8.03. The van der Waals surface area contributed by atoms with Crippen LogP contribution >= 0.6 is 0 Å². The number of aromatic nitrogens is 2. The number of benzene rings is 1. The number of carbonyl (C=O) groups excluding carboxylic acids is 1. The quantitative estimate of drug-likeness (QED) is 0.687. The largest absolute Gasteiger partial charge is 0.347 e. The summed E-state index contributed by atoms with van der Waals surface area (Å²) in [6.45, 7) is 0.434. The first kappa shape index (κ1) is 13.7. The van der Waals surface area contributed by atoms with Crippen LogP contribution in [0.2, 0.25) is 0 Å². The first-order chi connectivity index (χ1) is 10.8. The minimum atomic E-state index is -0.130. The Morgan fingerprint density at radius 3 is 3.00 bits per heavy atom. The van der Waals surface area contributed by atoms with Gasteiger partial charge < -0.3 is 10.3 Å². The third kappa shape index (κ3) is 2.48. The molecule has 2 aliphatic rings. The van der Waals surface area contributed by atoms with Crippen LogP contribution in [-0.2, 0) is 11.3 Å². The van der Waals surface area contributed by atoms with Gasteiger partial charge in [0.2, 0.25) is 5.91 Å². The molecule has 1 saturated carbocycles. The van der Waals surface area contributed by atoms with Gasteiger partial charge in [-0.3, -0.25) is 10.2 Å². The molecule has 1 aromatic carbocycles. The Bertz CT molecular complexity index is 649. The van der Waals surface area contributed by atoms with Gasteiger partial charge in [0.25, 0.3) is 0 Å². The zero-order chi connectivity index (χ0) is 14.9. The summed E-state index contributed by atoms with van der Waals surface area (Å²) in [6.07, 6.45) is 4.75. The highest BCUT2D eigenvalue weighted by molar-refractivity contribution is 5.82. The highest BCUT2D eigenvalue weighted by Crippen LogP contribution is 2.30. The van der Waals surface area contributed by atoms with Gasteiger partial charge in [-0.15, -0.1) is 0 Å². The van der Waals surface area contributed by atoms with Crippen molar-refractivity contribution in [1.82, 2.24) is 26.1 Å². The van der Waals surface area contributed by atoms with Gasteiger partial charge in [-0.05, 0) is 25.0 Å². The fourth-order valence-corrected chi connectivity index (χ4v) is 3.67. The maximum Gasteiger partial charge on any atom is 0.239 e. The summed E-state index contributed by atoms with van der Waals surface area (Å²) in [6, 6.07) is 8.20. The fraction of sp³-hybridized carbons (Fsp3) is 0.500. The highest BCUT2D eigenvalue weighted by atomic mass is 16.2. The number of nitrogens with zero attached hydrogens (tertiary/aromatic N) is 1. The fourth-order valence-electron chi connectivity index (χ4n) is 3.67. The summed E-state index contributed by atoms with van der Waals surface area (Å²) in [7, 11) is 0. The number of aromatic amines is 1. The van der Waals surface area contributed by atoms with E-state index in [-0.39, 0.29) is 11.9 Å². The molecule has 1 aliphatic heterocycles. The van der Waals surface area contributed by atoms with E-state index in [9.17, 15) is 4.79 Å². The van der Waals surface area contributed by atoms with Crippen molar-refractivity contribution in [3.05, 3.63) is 30.1 Å². The molecule has 0 spiro atoms. The number of para-hydroxylation sites is 2. The predicted octanol–water partition coefficient (Wildman–Crippen LogP) is 1.21. The van der Waals surface area contributed by atoms with Crippen LogP contribution in [0.4, 0.5) is 0 Å². The Balaban J connectivity index is 1.39. The first-order valence-electron chi connectivity index (χ1n) is 8.03. The SMILES string of the molecule is O=C(NCc1nc2ccccc2[nH]1)C1NNC2CCCCC21. The second-order valence-corrected chi connectivity index (χ2v) is 6.24. The van der Waals surface area contributed by atoms with E-state index in [1.165, 1.54) is 12.8 Å². The van der Waals surface area contributed by atoms with Crippen LogP contribution in [0.1, 0.15) is 31.5 Å². The van der Waals surface area contributed by atoms with Crippen LogP contribution < -0.4 is 16.2 Å². The molecule has 0 radical (unpaired) electrons. The zero-order valence-electron chi connectivity index (χ0n) is 12.4. The van der Waals surface area contributed by atoms with E-state index in [1.54, 1.807) is 0 Å². The van der Waals surface area contributed by atoms with E-state index in [0.717, 1.165) is 29.7 Å². The Hall–Kier alpha value is -1.92. The minimum absolute atomic E-state index is 0.0577. The van der Waals surface area contributed by atoms with Crippen LogP contribution in [0.15, 0.2) is 24.3 Å². The van der Waals surface area contributed by atoms with E-state index < -0.39 is 0 Å². The second kappa shape index (κ2) is 5.70. The van der Waals surface area contributed by atoms with E-state index in [0.29, 0.717) is 18.5 Å². The van der Waals surface area contributed by atoms with Crippen molar-refractivity contribution in [3.8, 4) is 0 Å². The topological polar surface area (TPSA) is 81.8 Å².